The van der Waals surface area contributed by atoms with Crippen molar-refractivity contribution >= 4 is 22.1 Å². The summed E-state index contributed by atoms with van der Waals surface area (Å²) >= 11 is 0. The van der Waals surface area contributed by atoms with Crippen molar-refractivity contribution in [1.82, 2.24) is 29.1 Å². The summed E-state index contributed by atoms with van der Waals surface area (Å²) in [6.07, 6.45) is 16.4. The van der Waals surface area contributed by atoms with Crippen LogP contribution in [-0.4, -0.2) is 29.1 Å². The maximum Gasteiger partial charge on any atom is 0.242 e. The Morgan fingerprint density at radius 3 is 1.44 bits per heavy atom. The summed E-state index contributed by atoms with van der Waals surface area (Å²) in [7, 11) is 3.89. The number of aromatic nitrogens is 8. The molecular formula is C36H22N8O2Pt2-4. The van der Waals surface area contributed by atoms with Gasteiger partial charge in [0.25, 0.3) is 0 Å². The second-order valence-electron chi connectivity index (χ2n) is 10.3. The number of hydrogen-bond donors (Lipinski definition) is 0. The minimum Gasteiger partial charge on any atom is -0.509 e. The van der Waals surface area contributed by atoms with E-state index < -0.39 is 0 Å². The SMILES string of the molecule is Cn1[c-][n+](-c2[c-]c(Oc3[c-]c(-c4[c-]c(Oc5[c-]c(-[n+]6[c-]n(C)c7ccccc76)cnc5)ccn4)ncc3)cnc2)c2ccccc21.[Pt].[Pt]. The van der Waals surface area contributed by atoms with Gasteiger partial charge < -0.3 is 47.7 Å². The first-order chi connectivity index (χ1) is 22.6. The van der Waals surface area contributed by atoms with Crippen molar-refractivity contribution in [1.29, 1.82) is 0 Å². The predicted octanol–water partition coefficient (Wildman–Crippen LogP) is 4.85. The summed E-state index contributed by atoms with van der Waals surface area (Å²) in [4.78, 5) is 17.6. The molecule has 0 atom stereocenters. The number of rotatable bonds is 7. The van der Waals surface area contributed by atoms with Crippen LogP contribution in [0.4, 0.5) is 0 Å². The summed E-state index contributed by atoms with van der Waals surface area (Å²) in [5.74, 6) is 1.67. The zero-order valence-electron chi connectivity index (χ0n) is 25.3. The summed E-state index contributed by atoms with van der Waals surface area (Å²) in [6.45, 7) is 0. The van der Waals surface area contributed by atoms with Gasteiger partial charge in [0.05, 0.1) is 36.2 Å². The Labute approximate surface area is 304 Å². The van der Waals surface area contributed by atoms with Crippen molar-refractivity contribution < 1.29 is 60.7 Å². The third-order valence-corrected chi connectivity index (χ3v) is 7.24. The summed E-state index contributed by atoms with van der Waals surface area (Å²) in [5.41, 5.74) is 6.27. The number of nitrogens with zero attached hydrogens (tertiary/aromatic N) is 8. The molecule has 8 aromatic rings. The Hall–Kier alpha value is -5.04. The molecule has 12 heteroatoms. The van der Waals surface area contributed by atoms with Crippen LogP contribution < -0.4 is 18.6 Å². The third kappa shape index (κ3) is 6.42. The minimum atomic E-state index is 0. The first-order valence-corrected chi connectivity index (χ1v) is 14.2. The zero-order chi connectivity index (χ0) is 31.0. The average Bonchev–Trinajstić information content (AvgIpc) is 3.62. The number of imidazole rings is 2. The predicted molar refractivity (Wildman–Crippen MR) is 165 cm³/mol. The van der Waals surface area contributed by atoms with Crippen LogP contribution in [0.5, 0.6) is 23.0 Å². The molecule has 2 aromatic carbocycles. The van der Waals surface area contributed by atoms with E-state index >= 15 is 0 Å². The topological polar surface area (TPSA) is 87.6 Å². The van der Waals surface area contributed by atoms with Crippen LogP contribution in [0, 0.1) is 36.9 Å². The number of ether oxygens (including phenoxy) is 2. The largest absolute Gasteiger partial charge is 0.509 e. The van der Waals surface area contributed by atoms with E-state index in [2.05, 4.69) is 56.9 Å². The van der Waals surface area contributed by atoms with Crippen molar-refractivity contribution in [2.45, 2.75) is 0 Å². The number of benzene rings is 2. The first-order valence-electron chi connectivity index (χ1n) is 14.2. The maximum absolute atomic E-state index is 6.09. The van der Waals surface area contributed by atoms with Gasteiger partial charge in [0, 0.05) is 65.1 Å². The van der Waals surface area contributed by atoms with E-state index in [-0.39, 0.29) is 42.1 Å². The number of fused-ring (bicyclic) bond motifs is 2. The van der Waals surface area contributed by atoms with Gasteiger partial charge in [-0.3, -0.25) is 0 Å². The van der Waals surface area contributed by atoms with Gasteiger partial charge in [0.15, 0.2) is 0 Å². The molecule has 8 rings (SSSR count). The van der Waals surface area contributed by atoms with E-state index in [1.165, 1.54) is 0 Å². The minimum absolute atomic E-state index is 0. The molecule has 10 nitrogen and oxygen atoms in total. The molecule has 48 heavy (non-hydrogen) atoms. The van der Waals surface area contributed by atoms with Gasteiger partial charge in [-0.05, 0) is 36.2 Å². The Balaban J connectivity index is 0.00000201. The van der Waals surface area contributed by atoms with Crippen LogP contribution in [0.3, 0.4) is 0 Å². The molecule has 0 fully saturated rings. The molecule has 0 saturated heterocycles. The van der Waals surface area contributed by atoms with Gasteiger partial charge in [-0.2, -0.15) is 12.1 Å². The van der Waals surface area contributed by atoms with E-state index in [9.17, 15) is 0 Å². The molecule has 242 valence electrons. The molecule has 0 unspecified atom stereocenters. The smallest absolute Gasteiger partial charge is 0.242 e. The van der Waals surface area contributed by atoms with Crippen LogP contribution in [-0.2, 0) is 56.2 Å². The van der Waals surface area contributed by atoms with E-state index in [1.807, 2.05) is 80.9 Å². The molecule has 0 radical (unpaired) electrons. The van der Waals surface area contributed by atoms with Gasteiger partial charge >= 0.3 is 0 Å². The van der Waals surface area contributed by atoms with Crippen molar-refractivity contribution in [3.8, 4) is 45.8 Å². The zero-order valence-corrected chi connectivity index (χ0v) is 29.8. The Kier molecular flexibility index (Phi) is 9.58. The van der Waals surface area contributed by atoms with E-state index in [1.54, 1.807) is 49.3 Å². The monoisotopic (exact) mass is 988 g/mol. The average molecular weight is 989 g/mol. The fraction of sp³-hybridized carbons (Fsp3) is 0.0556. The molecular weight excluding hydrogens is 967 g/mol. The van der Waals surface area contributed by atoms with Gasteiger partial charge in [-0.25, -0.2) is 0 Å². The number of aryl methyl sites for hydroxylation is 2. The van der Waals surface area contributed by atoms with Crippen LogP contribution in [0.1, 0.15) is 0 Å². The molecule has 0 saturated carbocycles. The molecule has 0 bridgehead atoms. The van der Waals surface area contributed by atoms with Crippen LogP contribution in [0.25, 0.3) is 44.8 Å². The first kappa shape index (κ1) is 32.9. The van der Waals surface area contributed by atoms with E-state index in [0.717, 1.165) is 22.1 Å². The number of para-hydroxylation sites is 4. The molecule has 0 spiro atoms. The quantitative estimate of drug-likeness (QED) is 0.168. The Bertz CT molecular complexity index is 2220. The normalized spacial score (nSPS) is 10.8. The van der Waals surface area contributed by atoms with Crippen molar-refractivity contribution in [2.75, 3.05) is 0 Å². The molecule has 0 aliphatic rings. The van der Waals surface area contributed by atoms with Crippen LogP contribution in [0.2, 0.25) is 0 Å². The molecule has 6 heterocycles. The second kappa shape index (κ2) is 14.0. The number of pyridine rings is 4. The van der Waals surface area contributed by atoms with Crippen molar-refractivity contribution in [2.24, 2.45) is 14.1 Å². The molecule has 0 N–H and O–H groups in total. The second-order valence-corrected chi connectivity index (χ2v) is 10.3. The summed E-state index contributed by atoms with van der Waals surface area (Å²) in [5, 5.41) is 0. The Morgan fingerprint density at radius 1 is 0.542 bits per heavy atom. The molecule has 6 aromatic heterocycles. The van der Waals surface area contributed by atoms with E-state index in [0.29, 0.717) is 45.8 Å². The molecule has 0 amide bonds. The van der Waals surface area contributed by atoms with Gasteiger partial charge in [0.2, 0.25) is 12.7 Å². The van der Waals surface area contributed by atoms with E-state index in [4.69, 9.17) is 9.47 Å². The summed E-state index contributed by atoms with van der Waals surface area (Å²) in [6, 6.07) is 32.3. The fourth-order valence-electron chi connectivity index (χ4n) is 5.16. The molecule has 0 aliphatic carbocycles. The van der Waals surface area contributed by atoms with Gasteiger partial charge in [-0.15, -0.1) is 35.7 Å². The van der Waals surface area contributed by atoms with Crippen LogP contribution in [0.15, 0.2) is 97.8 Å². The summed E-state index contributed by atoms with van der Waals surface area (Å²) < 4.78 is 19.8. The van der Waals surface area contributed by atoms with Crippen LogP contribution >= 0.6 is 0 Å². The fourth-order valence-corrected chi connectivity index (χ4v) is 5.16. The number of hydrogen-bond acceptors (Lipinski definition) is 6. The van der Waals surface area contributed by atoms with Gasteiger partial charge in [-0.1, -0.05) is 60.9 Å². The molecule has 0 aliphatic heterocycles. The standard InChI is InChI=1S/C36H22N8O2.2Pt/c1-41-23-43(35-9-5-3-7-33(35)41)25-15-29(21-37-19-25)45-27-11-13-39-31(17-27)32-18-28(12-14-40-32)46-30-16-26(20-38-22-30)44-24-42(2)34-8-4-6-10-36(34)44;;/h3-14,19-22H,1-2H3;;/q-4;;. The van der Waals surface area contributed by atoms with Crippen molar-refractivity contribution in [3.05, 3.63) is 135 Å². The Morgan fingerprint density at radius 2 is 0.979 bits per heavy atom. The third-order valence-electron chi connectivity index (χ3n) is 7.24. The van der Waals surface area contributed by atoms with Gasteiger partial charge in [0.1, 0.15) is 0 Å². The maximum atomic E-state index is 6.09. The van der Waals surface area contributed by atoms with Crippen molar-refractivity contribution in [3.63, 3.8) is 0 Å².